The molecule has 0 heterocycles. The lowest BCUT2D eigenvalue weighted by Gasteiger charge is -2.13. The molecular weight excluding hydrogens is 246 g/mol. The van der Waals surface area contributed by atoms with Gasteiger partial charge in [-0.3, -0.25) is 9.59 Å². The van der Waals surface area contributed by atoms with Crippen LogP contribution in [0.1, 0.15) is 19.3 Å². The number of sulfone groups is 1. The van der Waals surface area contributed by atoms with Crippen molar-refractivity contribution in [2.75, 3.05) is 25.7 Å². The summed E-state index contributed by atoms with van der Waals surface area (Å²) in [5.74, 6) is -1.58. The van der Waals surface area contributed by atoms with Crippen molar-refractivity contribution in [2.45, 2.75) is 19.3 Å². The Hall–Kier alpha value is -1.11. The molecule has 0 aromatic carbocycles. The van der Waals surface area contributed by atoms with E-state index in [2.05, 4.69) is 10.1 Å². The van der Waals surface area contributed by atoms with E-state index in [1.165, 1.54) is 14.2 Å². The molecule has 1 rings (SSSR count). The second-order valence-corrected chi connectivity index (χ2v) is 6.52. The van der Waals surface area contributed by atoms with Gasteiger partial charge in [-0.15, -0.1) is 0 Å². The predicted molar refractivity (Wildman–Crippen MR) is 61.0 cm³/mol. The Labute approximate surface area is 101 Å². The van der Waals surface area contributed by atoms with Gasteiger partial charge in [0.15, 0.2) is 9.84 Å². The summed E-state index contributed by atoms with van der Waals surface area (Å²) in [5, 5.41) is 2.27. The highest BCUT2D eigenvalue weighted by atomic mass is 32.2. The monoisotopic (exact) mass is 263 g/mol. The second kappa shape index (κ2) is 5.03. The van der Waals surface area contributed by atoms with Crippen LogP contribution < -0.4 is 5.32 Å². The molecule has 6 nitrogen and oxygen atoms in total. The number of carbonyl (C=O) groups excluding carboxylic acids is 2. The van der Waals surface area contributed by atoms with Crippen LogP contribution in [0.5, 0.6) is 0 Å². The van der Waals surface area contributed by atoms with Crippen LogP contribution in [0.2, 0.25) is 0 Å². The largest absolute Gasteiger partial charge is 0.469 e. The van der Waals surface area contributed by atoms with Crippen LogP contribution in [0.25, 0.3) is 0 Å². The third-order valence-electron chi connectivity index (χ3n) is 2.86. The van der Waals surface area contributed by atoms with Gasteiger partial charge in [0, 0.05) is 7.05 Å². The number of carbonyl (C=O) groups is 2. The van der Waals surface area contributed by atoms with Crippen molar-refractivity contribution in [1.29, 1.82) is 0 Å². The summed E-state index contributed by atoms with van der Waals surface area (Å²) in [7, 11) is -0.798. The highest BCUT2D eigenvalue weighted by Gasteiger charge is 2.48. The van der Waals surface area contributed by atoms with Gasteiger partial charge in [-0.25, -0.2) is 8.42 Å². The number of hydrogen-bond acceptors (Lipinski definition) is 5. The Bertz CT molecular complexity index is 410. The third kappa shape index (κ3) is 4.33. The van der Waals surface area contributed by atoms with Gasteiger partial charge in [-0.1, -0.05) is 0 Å². The minimum atomic E-state index is -3.46. The second-order valence-electron chi connectivity index (χ2n) is 4.46. The maximum Gasteiger partial charge on any atom is 0.306 e. The molecule has 0 spiro atoms. The van der Waals surface area contributed by atoms with Gasteiger partial charge in [0.25, 0.3) is 0 Å². The number of methoxy groups -OCH3 is 1. The van der Waals surface area contributed by atoms with Crippen LogP contribution in [0.15, 0.2) is 0 Å². The van der Waals surface area contributed by atoms with Gasteiger partial charge in [0.2, 0.25) is 5.91 Å². The van der Waals surface area contributed by atoms with E-state index in [1.807, 2.05) is 0 Å². The van der Waals surface area contributed by atoms with E-state index in [1.54, 1.807) is 0 Å². The van der Waals surface area contributed by atoms with E-state index in [4.69, 9.17) is 0 Å². The van der Waals surface area contributed by atoms with Crippen molar-refractivity contribution in [3.8, 4) is 0 Å². The van der Waals surface area contributed by atoms with E-state index in [0.29, 0.717) is 12.8 Å². The van der Waals surface area contributed by atoms with E-state index in [9.17, 15) is 18.0 Å². The van der Waals surface area contributed by atoms with Crippen molar-refractivity contribution in [3.05, 3.63) is 0 Å². The Morgan fingerprint density at radius 3 is 2.35 bits per heavy atom. The molecule has 0 aromatic heterocycles. The molecule has 0 radical (unpaired) electrons. The quantitative estimate of drug-likeness (QED) is 0.652. The Morgan fingerprint density at radius 2 is 1.94 bits per heavy atom. The molecule has 7 heteroatoms. The standard InChI is InChI=1S/C10H17NO5S/c1-11-8(12)6-17(14,15)7-10(3-4-10)5-9(13)16-2/h3-7H2,1-2H3,(H,11,12). The highest BCUT2D eigenvalue weighted by molar-refractivity contribution is 7.92. The predicted octanol–water partition coefficient (Wildman–Crippen LogP) is -0.509. The van der Waals surface area contributed by atoms with E-state index >= 15 is 0 Å². The normalized spacial score (nSPS) is 17.3. The summed E-state index contributed by atoms with van der Waals surface area (Å²) < 4.78 is 28.0. The summed E-state index contributed by atoms with van der Waals surface area (Å²) in [6.07, 6.45) is 1.49. The molecule has 0 unspecified atom stereocenters. The summed E-state index contributed by atoms with van der Waals surface area (Å²) in [5.41, 5.74) is -0.500. The molecule has 98 valence electrons. The third-order valence-corrected chi connectivity index (χ3v) is 4.61. The fraction of sp³-hybridized carbons (Fsp3) is 0.800. The number of amides is 1. The molecule has 17 heavy (non-hydrogen) atoms. The van der Waals surface area contributed by atoms with Gasteiger partial charge < -0.3 is 10.1 Å². The van der Waals surface area contributed by atoms with Gasteiger partial charge >= 0.3 is 5.97 Å². The van der Waals surface area contributed by atoms with Crippen molar-refractivity contribution in [3.63, 3.8) is 0 Å². The minimum Gasteiger partial charge on any atom is -0.469 e. The summed E-state index contributed by atoms with van der Waals surface area (Å²) in [6, 6.07) is 0. The smallest absolute Gasteiger partial charge is 0.306 e. The number of rotatable bonds is 6. The first-order valence-electron chi connectivity index (χ1n) is 5.30. The lowest BCUT2D eigenvalue weighted by molar-refractivity contribution is -0.141. The van der Waals surface area contributed by atoms with Crippen molar-refractivity contribution in [2.24, 2.45) is 5.41 Å². The number of esters is 1. The van der Waals surface area contributed by atoms with Crippen molar-refractivity contribution >= 4 is 21.7 Å². The lowest BCUT2D eigenvalue weighted by Crippen LogP contribution is -2.31. The van der Waals surface area contributed by atoms with E-state index in [0.717, 1.165) is 0 Å². The van der Waals surface area contributed by atoms with Gasteiger partial charge in [-0.05, 0) is 18.3 Å². The molecule has 0 saturated heterocycles. The highest BCUT2D eigenvalue weighted by Crippen LogP contribution is 2.50. The molecule has 1 amide bonds. The summed E-state index contributed by atoms with van der Waals surface area (Å²) >= 11 is 0. The summed E-state index contributed by atoms with van der Waals surface area (Å²) in [6.45, 7) is 0. The van der Waals surface area contributed by atoms with Gasteiger partial charge in [-0.2, -0.15) is 0 Å². The molecule has 1 aliphatic carbocycles. The van der Waals surface area contributed by atoms with Gasteiger partial charge in [0.1, 0.15) is 5.75 Å². The fourth-order valence-electron chi connectivity index (χ4n) is 1.72. The first kappa shape index (κ1) is 14.0. The van der Waals surface area contributed by atoms with Crippen LogP contribution in [0, 0.1) is 5.41 Å². The zero-order valence-corrected chi connectivity index (χ0v) is 10.8. The zero-order valence-electron chi connectivity index (χ0n) is 9.99. The Balaban J connectivity index is 2.58. The molecular formula is C10H17NO5S. The lowest BCUT2D eigenvalue weighted by atomic mass is 10.1. The molecule has 1 N–H and O–H groups in total. The van der Waals surface area contributed by atoms with Crippen LogP contribution >= 0.6 is 0 Å². The Morgan fingerprint density at radius 1 is 1.35 bits per heavy atom. The van der Waals surface area contributed by atoms with Crippen molar-refractivity contribution in [1.82, 2.24) is 5.32 Å². The number of nitrogens with one attached hydrogen (secondary N) is 1. The summed E-state index contributed by atoms with van der Waals surface area (Å²) in [4.78, 5) is 22.2. The van der Waals surface area contributed by atoms with E-state index < -0.39 is 32.9 Å². The topological polar surface area (TPSA) is 89.5 Å². The minimum absolute atomic E-state index is 0.108. The Kier molecular flexibility index (Phi) is 4.13. The average molecular weight is 263 g/mol. The molecule has 0 aliphatic heterocycles. The first-order valence-corrected chi connectivity index (χ1v) is 7.12. The number of hydrogen-bond donors (Lipinski definition) is 1. The first-order chi connectivity index (χ1) is 7.82. The van der Waals surface area contributed by atoms with E-state index in [-0.39, 0.29) is 12.2 Å². The van der Waals surface area contributed by atoms with Crippen LogP contribution in [0.4, 0.5) is 0 Å². The molecule has 0 aromatic rings. The SMILES string of the molecule is CNC(=O)CS(=O)(=O)CC1(CC(=O)OC)CC1. The molecule has 1 fully saturated rings. The average Bonchev–Trinajstić information content (AvgIpc) is 2.95. The van der Waals surface area contributed by atoms with Crippen LogP contribution in [-0.2, 0) is 24.2 Å². The van der Waals surface area contributed by atoms with Crippen molar-refractivity contribution < 1.29 is 22.7 Å². The van der Waals surface area contributed by atoms with Gasteiger partial charge in [0.05, 0.1) is 19.3 Å². The van der Waals surface area contributed by atoms with Crippen LogP contribution in [0.3, 0.4) is 0 Å². The maximum atomic E-state index is 11.7. The molecule has 0 bridgehead atoms. The molecule has 1 saturated carbocycles. The maximum absolute atomic E-state index is 11.7. The number of ether oxygens (including phenoxy) is 1. The molecule has 0 atom stereocenters. The molecule has 1 aliphatic rings. The fourth-order valence-corrected chi connectivity index (χ4v) is 3.69. The van der Waals surface area contributed by atoms with Crippen LogP contribution in [-0.4, -0.2) is 46.0 Å². The zero-order chi connectivity index (χ0) is 13.1.